The van der Waals surface area contributed by atoms with E-state index in [4.69, 9.17) is 4.74 Å². The highest BCUT2D eigenvalue weighted by molar-refractivity contribution is 5.67. The van der Waals surface area contributed by atoms with Gasteiger partial charge in [0.1, 0.15) is 6.61 Å². The predicted molar refractivity (Wildman–Crippen MR) is 83.5 cm³/mol. The van der Waals surface area contributed by atoms with Crippen LogP contribution in [-0.4, -0.2) is 80.4 Å². The zero-order valence-corrected chi connectivity index (χ0v) is 13.4. The van der Waals surface area contributed by atoms with Crippen molar-refractivity contribution in [3.63, 3.8) is 0 Å². The minimum absolute atomic E-state index is 0.261. The standard InChI is InChI=1S/C15H30N4O2/c1-13(2)19-9-7-18(8-10-19)11-12-21-15(20)17-14-3-5-16-6-4-14/h13-14,16H,3-12H2,1-2H3,(H,17,20). The molecule has 0 aliphatic carbocycles. The van der Waals surface area contributed by atoms with E-state index >= 15 is 0 Å². The van der Waals surface area contributed by atoms with Crippen molar-refractivity contribution in [2.24, 2.45) is 0 Å². The van der Waals surface area contributed by atoms with Crippen LogP contribution in [0.3, 0.4) is 0 Å². The lowest BCUT2D eigenvalue weighted by Gasteiger charge is -2.36. The van der Waals surface area contributed by atoms with Crippen LogP contribution in [0.4, 0.5) is 4.79 Å². The second-order valence-electron chi connectivity index (χ2n) is 6.28. The Balaban J connectivity index is 1.54. The van der Waals surface area contributed by atoms with Gasteiger partial charge in [-0.15, -0.1) is 0 Å². The lowest BCUT2D eigenvalue weighted by molar-refractivity contribution is 0.0819. The summed E-state index contributed by atoms with van der Waals surface area (Å²) in [5, 5.41) is 6.23. The van der Waals surface area contributed by atoms with Crippen LogP contribution in [0.15, 0.2) is 0 Å². The van der Waals surface area contributed by atoms with Crippen LogP contribution in [-0.2, 0) is 4.74 Å². The molecule has 0 saturated carbocycles. The van der Waals surface area contributed by atoms with E-state index in [9.17, 15) is 4.79 Å². The third-order valence-corrected chi connectivity index (χ3v) is 4.44. The largest absolute Gasteiger partial charge is 0.448 e. The Morgan fingerprint density at radius 3 is 2.52 bits per heavy atom. The van der Waals surface area contributed by atoms with E-state index in [1.165, 1.54) is 0 Å². The SMILES string of the molecule is CC(C)N1CCN(CCOC(=O)NC2CCNCC2)CC1. The minimum atomic E-state index is -0.261. The summed E-state index contributed by atoms with van der Waals surface area (Å²) in [5.41, 5.74) is 0. The third-order valence-electron chi connectivity index (χ3n) is 4.44. The smallest absolute Gasteiger partial charge is 0.407 e. The van der Waals surface area contributed by atoms with E-state index in [0.717, 1.165) is 58.7 Å². The highest BCUT2D eigenvalue weighted by Gasteiger charge is 2.19. The Bertz CT molecular complexity index is 311. The molecule has 0 spiro atoms. The van der Waals surface area contributed by atoms with E-state index in [-0.39, 0.29) is 12.1 Å². The van der Waals surface area contributed by atoms with Gasteiger partial charge in [-0.2, -0.15) is 0 Å². The number of nitrogens with one attached hydrogen (secondary N) is 2. The summed E-state index contributed by atoms with van der Waals surface area (Å²) in [6, 6.07) is 0.896. The number of carbonyl (C=O) groups is 1. The van der Waals surface area contributed by atoms with Gasteiger partial charge in [-0.05, 0) is 39.8 Å². The summed E-state index contributed by atoms with van der Waals surface area (Å²) < 4.78 is 5.30. The highest BCUT2D eigenvalue weighted by atomic mass is 16.5. The molecule has 21 heavy (non-hydrogen) atoms. The van der Waals surface area contributed by atoms with Gasteiger partial charge in [-0.3, -0.25) is 9.80 Å². The molecule has 0 unspecified atom stereocenters. The minimum Gasteiger partial charge on any atom is -0.448 e. The Labute approximate surface area is 128 Å². The molecule has 2 aliphatic heterocycles. The van der Waals surface area contributed by atoms with Crippen molar-refractivity contribution < 1.29 is 9.53 Å². The number of piperazine rings is 1. The Morgan fingerprint density at radius 1 is 1.24 bits per heavy atom. The summed E-state index contributed by atoms with van der Waals surface area (Å²) in [6.45, 7) is 12.1. The molecular weight excluding hydrogens is 268 g/mol. The monoisotopic (exact) mass is 298 g/mol. The van der Waals surface area contributed by atoms with E-state index in [1.807, 2.05) is 0 Å². The van der Waals surface area contributed by atoms with Crippen molar-refractivity contribution in [1.82, 2.24) is 20.4 Å². The maximum atomic E-state index is 11.7. The topological polar surface area (TPSA) is 56.8 Å². The molecule has 6 nitrogen and oxygen atoms in total. The molecule has 2 saturated heterocycles. The molecule has 2 rings (SSSR count). The number of carbonyl (C=O) groups excluding carboxylic acids is 1. The zero-order chi connectivity index (χ0) is 15.1. The molecule has 0 bridgehead atoms. The summed E-state index contributed by atoms with van der Waals surface area (Å²) in [7, 11) is 0. The highest BCUT2D eigenvalue weighted by Crippen LogP contribution is 2.05. The first-order chi connectivity index (χ1) is 10.1. The molecule has 0 atom stereocenters. The lowest BCUT2D eigenvalue weighted by Crippen LogP contribution is -2.49. The quantitative estimate of drug-likeness (QED) is 0.774. The summed E-state index contributed by atoms with van der Waals surface area (Å²) in [5.74, 6) is 0. The van der Waals surface area contributed by atoms with E-state index in [0.29, 0.717) is 12.6 Å². The second-order valence-corrected chi connectivity index (χ2v) is 6.28. The van der Waals surface area contributed by atoms with Crippen molar-refractivity contribution >= 4 is 6.09 Å². The summed E-state index contributed by atoms with van der Waals surface area (Å²) >= 11 is 0. The molecule has 2 heterocycles. The predicted octanol–water partition coefficient (Wildman–Crippen LogP) is 0.491. The molecular formula is C15H30N4O2. The van der Waals surface area contributed by atoms with Crippen molar-refractivity contribution in [2.45, 2.75) is 38.8 Å². The van der Waals surface area contributed by atoms with Gasteiger partial charge in [0.15, 0.2) is 0 Å². The van der Waals surface area contributed by atoms with E-state index in [2.05, 4.69) is 34.3 Å². The van der Waals surface area contributed by atoms with Crippen molar-refractivity contribution in [1.29, 1.82) is 0 Å². The van der Waals surface area contributed by atoms with Crippen LogP contribution in [0.1, 0.15) is 26.7 Å². The number of piperidine rings is 1. The number of hydrogen-bond donors (Lipinski definition) is 2. The van der Waals surface area contributed by atoms with Crippen LogP contribution in [0.2, 0.25) is 0 Å². The van der Waals surface area contributed by atoms with Crippen molar-refractivity contribution in [3.8, 4) is 0 Å². The number of hydrogen-bond acceptors (Lipinski definition) is 5. The fourth-order valence-corrected chi connectivity index (χ4v) is 2.95. The van der Waals surface area contributed by atoms with Crippen LogP contribution < -0.4 is 10.6 Å². The van der Waals surface area contributed by atoms with Gasteiger partial charge in [-0.25, -0.2) is 4.79 Å². The van der Waals surface area contributed by atoms with Crippen LogP contribution in [0, 0.1) is 0 Å². The van der Waals surface area contributed by atoms with Gasteiger partial charge in [0, 0.05) is 44.8 Å². The lowest BCUT2D eigenvalue weighted by atomic mass is 10.1. The van der Waals surface area contributed by atoms with Gasteiger partial charge in [0.25, 0.3) is 0 Å². The van der Waals surface area contributed by atoms with Gasteiger partial charge < -0.3 is 15.4 Å². The fraction of sp³-hybridized carbons (Fsp3) is 0.933. The maximum absolute atomic E-state index is 11.7. The number of alkyl carbamates (subject to hydrolysis) is 1. The van der Waals surface area contributed by atoms with Crippen LogP contribution in [0.25, 0.3) is 0 Å². The second kappa shape index (κ2) is 8.56. The third kappa shape index (κ3) is 5.80. The molecule has 1 amide bonds. The molecule has 0 aromatic rings. The summed E-state index contributed by atoms with van der Waals surface area (Å²) in [4.78, 5) is 16.6. The van der Waals surface area contributed by atoms with E-state index in [1.54, 1.807) is 0 Å². The van der Waals surface area contributed by atoms with Gasteiger partial charge in [0.05, 0.1) is 0 Å². The van der Waals surface area contributed by atoms with Gasteiger partial charge in [0.2, 0.25) is 0 Å². The maximum Gasteiger partial charge on any atom is 0.407 e. The van der Waals surface area contributed by atoms with Crippen LogP contribution in [0.5, 0.6) is 0 Å². The zero-order valence-electron chi connectivity index (χ0n) is 13.4. The van der Waals surface area contributed by atoms with E-state index < -0.39 is 0 Å². The number of nitrogens with zero attached hydrogens (tertiary/aromatic N) is 2. The normalized spacial score (nSPS) is 22.4. The molecule has 0 radical (unpaired) electrons. The fourth-order valence-electron chi connectivity index (χ4n) is 2.95. The van der Waals surface area contributed by atoms with Crippen LogP contribution >= 0.6 is 0 Å². The Hall–Kier alpha value is -0.850. The first kappa shape index (κ1) is 16.5. The molecule has 122 valence electrons. The van der Waals surface area contributed by atoms with Gasteiger partial charge >= 0.3 is 6.09 Å². The first-order valence-electron chi connectivity index (χ1n) is 8.25. The Morgan fingerprint density at radius 2 is 1.90 bits per heavy atom. The van der Waals surface area contributed by atoms with Crippen molar-refractivity contribution in [2.75, 3.05) is 52.4 Å². The average molecular weight is 298 g/mol. The summed E-state index contributed by atoms with van der Waals surface area (Å²) in [6.07, 6.45) is 1.72. The molecule has 0 aromatic carbocycles. The number of rotatable bonds is 5. The van der Waals surface area contributed by atoms with Crippen molar-refractivity contribution in [3.05, 3.63) is 0 Å². The number of ether oxygens (including phenoxy) is 1. The number of amides is 1. The molecule has 2 fully saturated rings. The molecule has 2 aliphatic rings. The average Bonchev–Trinajstić information content (AvgIpc) is 2.49. The first-order valence-corrected chi connectivity index (χ1v) is 8.25. The Kier molecular flexibility index (Phi) is 6.73. The molecule has 6 heteroatoms. The molecule has 0 aromatic heterocycles. The molecule has 2 N–H and O–H groups in total. The van der Waals surface area contributed by atoms with Gasteiger partial charge in [-0.1, -0.05) is 0 Å².